The molecule has 0 aliphatic carbocycles. The van der Waals surface area contributed by atoms with Crippen LogP contribution in [0.4, 0.5) is 8.78 Å². The minimum atomic E-state index is -0.532. The maximum absolute atomic E-state index is 13.6. The molecule has 0 saturated carbocycles. The molecule has 0 aliphatic heterocycles. The molecule has 1 N–H and O–H groups in total. The van der Waals surface area contributed by atoms with Crippen LogP contribution in [0.1, 0.15) is 20.7 Å². The fourth-order valence-corrected chi connectivity index (χ4v) is 5.95. The van der Waals surface area contributed by atoms with Gasteiger partial charge in [0.15, 0.2) is 0 Å². The molecule has 2 aromatic heterocycles. The topological polar surface area (TPSA) is 80.6 Å². The summed E-state index contributed by atoms with van der Waals surface area (Å²) in [6.45, 7) is 0. The van der Waals surface area contributed by atoms with Crippen molar-refractivity contribution in [1.29, 1.82) is 0 Å². The van der Waals surface area contributed by atoms with Gasteiger partial charge < -0.3 is 4.98 Å². The van der Waals surface area contributed by atoms with Gasteiger partial charge in [0, 0.05) is 32.3 Å². The van der Waals surface area contributed by atoms with E-state index in [0.29, 0.717) is 49.4 Å². The molecule has 0 atom stereocenters. The molecule has 2 heterocycles. The number of H-pyrrole nitrogens is 1. The SMILES string of the molecule is Fc1ccc(-c2nc3ccc(Cl)cc3[nH]2)cc1Cl.O=C(Cl)c1ccccc1.O=C(c1ccccc1)n1c(-c2ccc(F)c(Cl)c2)nc2cc(Cl)ccc21. The summed E-state index contributed by atoms with van der Waals surface area (Å²) in [5, 5.41) is 0.778. The summed E-state index contributed by atoms with van der Waals surface area (Å²) in [6.07, 6.45) is 0. The van der Waals surface area contributed by atoms with Gasteiger partial charge in [-0.3, -0.25) is 14.2 Å². The summed E-state index contributed by atoms with van der Waals surface area (Å²) in [5.74, 6) is -0.215. The number of aromatic amines is 1. The highest BCUT2D eigenvalue weighted by Gasteiger charge is 2.20. The lowest BCUT2D eigenvalue weighted by molar-refractivity contribution is 0.0965. The minimum absolute atomic E-state index is 0.0358. The van der Waals surface area contributed by atoms with Gasteiger partial charge in [-0.25, -0.2) is 18.7 Å². The molecule has 6 nitrogen and oxygen atoms in total. The van der Waals surface area contributed by atoms with Gasteiger partial charge in [0.25, 0.3) is 11.1 Å². The van der Waals surface area contributed by atoms with Crippen LogP contribution in [0.3, 0.4) is 0 Å². The number of nitrogens with one attached hydrogen (secondary N) is 1. The summed E-state index contributed by atoms with van der Waals surface area (Å²) in [6, 6.07) is 36.8. The third-order valence-electron chi connectivity index (χ3n) is 7.66. The first-order valence-electron chi connectivity index (χ1n) is 15.6. The van der Waals surface area contributed by atoms with Gasteiger partial charge in [-0.2, -0.15) is 0 Å². The summed E-state index contributed by atoms with van der Waals surface area (Å²) in [7, 11) is 0. The summed E-state index contributed by atoms with van der Waals surface area (Å²) in [5.41, 5.74) is 5.13. The number of benzene rings is 6. The standard InChI is InChI=1S/C20H11Cl2FN2O.C13H7Cl2FN2.C7H5ClO/c21-14-7-9-18-17(11-14)24-19(13-6-8-16(23)15(22)10-13)25(18)20(26)12-4-2-1-3-5-12;14-8-2-4-11-12(6-8)18-13(17-11)7-1-3-10(16)9(15)5-7;8-7(9)6-4-2-1-3-5-6/h1-11H;1-6H,(H,17,18);1-5H. The van der Waals surface area contributed by atoms with Gasteiger partial charge >= 0.3 is 0 Å². The molecule has 0 radical (unpaired) electrons. The highest BCUT2D eigenvalue weighted by molar-refractivity contribution is 6.67. The average Bonchev–Trinajstić information content (AvgIpc) is 3.76. The Morgan fingerprint density at radius 1 is 0.585 bits per heavy atom. The van der Waals surface area contributed by atoms with Crippen LogP contribution in [0.5, 0.6) is 0 Å². The van der Waals surface area contributed by atoms with Crippen molar-refractivity contribution in [3.05, 3.63) is 176 Å². The molecule has 0 unspecified atom stereocenters. The van der Waals surface area contributed by atoms with Crippen LogP contribution in [0.15, 0.2) is 133 Å². The highest BCUT2D eigenvalue weighted by atomic mass is 35.5. The fourth-order valence-electron chi connectivity index (χ4n) is 5.13. The van der Waals surface area contributed by atoms with E-state index >= 15 is 0 Å². The quantitative estimate of drug-likeness (QED) is 0.180. The minimum Gasteiger partial charge on any atom is -0.338 e. The Balaban J connectivity index is 0.000000153. The second-order valence-corrected chi connectivity index (χ2v) is 13.2. The molecule has 0 saturated heterocycles. The largest absolute Gasteiger partial charge is 0.338 e. The molecule has 0 fully saturated rings. The van der Waals surface area contributed by atoms with Crippen molar-refractivity contribution < 1.29 is 18.4 Å². The van der Waals surface area contributed by atoms with Gasteiger partial charge in [-0.05, 0) is 96.5 Å². The molecule has 0 spiro atoms. The Hall–Kier alpha value is -5.09. The van der Waals surface area contributed by atoms with E-state index in [1.165, 1.54) is 28.8 Å². The van der Waals surface area contributed by atoms with Crippen molar-refractivity contribution in [2.45, 2.75) is 0 Å². The van der Waals surface area contributed by atoms with Crippen LogP contribution >= 0.6 is 58.0 Å². The zero-order chi connectivity index (χ0) is 37.6. The lowest BCUT2D eigenvalue weighted by Gasteiger charge is -2.09. The van der Waals surface area contributed by atoms with E-state index in [1.807, 2.05) is 18.2 Å². The first-order valence-corrected chi connectivity index (χ1v) is 17.5. The Kier molecular flexibility index (Phi) is 11.9. The monoisotopic (exact) mass is 804 g/mol. The number of imidazole rings is 2. The predicted molar refractivity (Wildman–Crippen MR) is 209 cm³/mol. The van der Waals surface area contributed by atoms with E-state index in [4.69, 9.17) is 58.0 Å². The smallest absolute Gasteiger partial charge is 0.264 e. The van der Waals surface area contributed by atoms with Crippen molar-refractivity contribution in [3.63, 3.8) is 0 Å². The number of aromatic nitrogens is 4. The lowest BCUT2D eigenvalue weighted by atomic mass is 10.1. The number of carbonyl (C=O) groups is 2. The van der Waals surface area contributed by atoms with Crippen LogP contribution in [-0.4, -0.2) is 30.7 Å². The summed E-state index contributed by atoms with van der Waals surface area (Å²) < 4.78 is 28.1. The van der Waals surface area contributed by atoms with Gasteiger partial charge in [0.05, 0.1) is 32.1 Å². The Morgan fingerprint density at radius 2 is 1.15 bits per heavy atom. The van der Waals surface area contributed by atoms with Crippen LogP contribution in [0.2, 0.25) is 20.1 Å². The molecule has 53 heavy (non-hydrogen) atoms. The molecular weight excluding hydrogens is 784 g/mol. The Morgan fingerprint density at radius 3 is 1.75 bits per heavy atom. The molecule has 0 bridgehead atoms. The highest BCUT2D eigenvalue weighted by Crippen LogP contribution is 2.30. The number of hydrogen-bond donors (Lipinski definition) is 1. The maximum Gasteiger partial charge on any atom is 0.264 e. The maximum atomic E-state index is 13.6. The van der Waals surface area contributed by atoms with Crippen LogP contribution in [0.25, 0.3) is 44.8 Å². The van der Waals surface area contributed by atoms with Gasteiger partial charge in [-0.15, -0.1) is 0 Å². The lowest BCUT2D eigenvalue weighted by Crippen LogP contribution is -2.13. The molecule has 8 aromatic rings. The molecule has 8 rings (SSSR count). The van der Waals surface area contributed by atoms with E-state index in [-0.39, 0.29) is 16.0 Å². The van der Waals surface area contributed by atoms with Gasteiger partial charge in [0.2, 0.25) is 0 Å². The Bertz CT molecular complexity index is 2600. The molecule has 13 heteroatoms. The van der Waals surface area contributed by atoms with Crippen molar-refractivity contribution in [3.8, 4) is 22.8 Å². The molecule has 6 aromatic carbocycles. The summed E-state index contributed by atoms with van der Waals surface area (Å²) in [4.78, 5) is 35.6. The van der Waals surface area contributed by atoms with E-state index in [2.05, 4.69) is 15.0 Å². The number of carbonyl (C=O) groups excluding carboxylic acids is 2. The van der Waals surface area contributed by atoms with Crippen molar-refractivity contribution in [1.82, 2.24) is 19.5 Å². The van der Waals surface area contributed by atoms with E-state index in [9.17, 15) is 18.4 Å². The Labute approximate surface area is 326 Å². The predicted octanol–water partition coefficient (Wildman–Crippen LogP) is 12.6. The van der Waals surface area contributed by atoms with Crippen LogP contribution in [0, 0.1) is 11.6 Å². The number of halogens is 7. The van der Waals surface area contributed by atoms with Crippen molar-refractivity contribution >= 4 is 91.2 Å². The first-order chi connectivity index (χ1) is 25.5. The van der Waals surface area contributed by atoms with Crippen molar-refractivity contribution in [2.75, 3.05) is 0 Å². The number of nitrogens with zero attached hydrogens (tertiary/aromatic N) is 3. The molecular formula is C40H23Cl5F2N4O2. The first kappa shape index (κ1) is 37.7. The molecule has 0 aliphatic rings. The normalized spacial score (nSPS) is 10.7. The van der Waals surface area contributed by atoms with E-state index in [0.717, 1.165) is 16.6 Å². The third-order valence-corrected chi connectivity index (χ3v) is 8.92. The zero-order valence-electron chi connectivity index (χ0n) is 27.0. The van der Waals surface area contributed by atoms with Crippen LogP contribution < -0.4 is 0 Å². The van der Waals surface area contributed by atoms with Crippen molar-refractivity contribution in [2.24, 2.45) is 0 Å². The number of hydrogen-bond acceptors (Lipinski definition) is 4. The third kappa shape index (κ3) is 8.93. The van der Waals surface area contributed by atoms with E-state index in [1.54, 1.807) is 91.0 Å². The molecule has 264 valence electrons. The average molecular weight is 807 g/mol. The second-order valence-electron chi connectivity index (χ2n) is 11.2. The molecule has 0 amide bonds. The zero-order valence-corrected chi connectivity index (χ0v) is 30.8. The van der Waals surface area contributed by atoms with Gasteiger partial charge in [-0.1, -0.05) is 94.9 Å². The number of fused-ring (bicyclic) bond motifs is 2. The number of rotatable bonds is 4. The second kappa shape index (κ2) is 16.7. The summed E-state index contributed by atoms with van der Waals surface area (Å²) >= 11 is 28.8. The van der Waals surface area contributed by atoms with Crippen LogP contribution in [-0.2, 0) is 0 Å². The van der Waals surface area contributed by atoms with Gasteiger partial charge in [0.1, 0.15) is 23.3 Å². The van der Waals surface area contributed by atoms with E-state index < -0.39 is 16.9 Å². The fraction of sp³-hybridized carbons (Fsp3) is 0.